The van der Waals surface area contributed by atoms with Gasteiger partial charge in [-0.3, -0.25) is 4.79 Å². The lowest BCUT2D eigenvalue weighted by molar-refractivity contribution is -0.125. The first kappa shape index (κ1) is 37.4. The molecule has 0 aromatic carbocycles. The molecule has 0 fully saturated rings. The van der Waals surface area contributed by atoms with Gasteiger partial charge in [-0.25, -0.2) is 0 Å². The molecule has 0 rings (SSSR count). The first-order valence-corrected chi connectivity index (χ1v) is 16.8. The quantitative estimate of drug-likeness (QED) is 0.0540. The van der Waals surface area contributed by atoms with Crippen LogP contribution in [0.2, 0.25) is 0 Å². The van der Waals surface area contributed by atoms with Gasteiger partial charge in [0.05, 0.1) is 12.2 Å². The summed E-state index contributed by atoms with van der Waals surface area (Å²) in [6, 6.07) is 0. The van der Waals surface area contributed by atoms with Gasteiger partial charge in [-0.05, 0) is 12.8 Å². The van der Waals surface area contributed by atoms with Gasteiger partial charge in [-0.1, -0.05) is 162 Å². The van der Waals surface area contributed by atoms with Crippen molar-refractivity contribution in [1.29, 1.82) is 0 Å². The lowest BCUT2D eigenvalue weighted by Gasteiger charge is -2.20. The van der Waals surface area contributed by atoms with E-state index in [0.29, 0.717) is 12.8 Å². The molecule has 0 heterocycles. The molecular weight excluding hydrogens is 474 g/mol. The summed E-state index contributed by atoms with van der Waals surface area (Å²) in [5.41, 5.74) is 0. The van der Waals surface area contributed by atoms with E-state index in [0.717, 1.165) is 19.3 Å². The Hall–Kier alpha value is -0.650. The van der Waals surface area contributed by atoms with E-state index in [-0.39, 0.29) is 12.3 Å². The van der Waals surface area contributed by atoms with Gasteiger partial charge in [0.25, 0.3) is 0 Å². The smallest absolute Gasteiger partial charge is 0.221 e. The molecule has 0 radical (unpaired) electrons. The minimum absolute atomic E-state index is 0.0415. The number of aliphatic hydroxyl groups is 3. The first-order chi connectivity index (χ1) is 18.5. The second kappa shape index (κ2) is 29.3. The Bertz CT molecular complexity index is 488. The number of aliphatic hydroxyl groups excluding tert-OH is 3. The Labute approximate surface area is 237 Å². The van der Waals surface area contributed by atoms with E-state index in [9.17, 15) is 20.1 Å². The minimum Gasteiger partial charge on any atom is -0.390 e. The number of rotatable bonds is 30. The van der Waals surface area contributed by atoms with E-state index in [1.165, 1.54) is 135 Å². The molecule has 0 bridgehead atoms. The standard InChI is InChI=1S/C33H67NO4/c1-3-5-6-7-8-9-10-11-12-13-14-15-16-17-18-19-20-21-22-23-24-25-26-27-28-32(37)34-33(38)29-31(36)30(35)4-2/h30-31,33,35-36,38H,3-29H2,1-2H3,(H,34,37). The van der Waals surface area contributed by atoms with Crippen LogP contribution < -0.4 is 5.32 Å². The molecule has 0 saturated carbocycles. The molecule has 38 heavy (non-hydrogen) atoms. The zero-order valence-corrected chi connectivity index (χ0v) is 25.6. The van der Waals surface area contributed by atoms with Crippen LogP contribution in [0.5, 0.6) is 0 Å². The molecular formula is C33H67NO4. The van der Waals surface area contributed by atoms with Gasteiger partial charge in [-0.15, -0.1) is 0 Å². The summed E-state index contributed by atoms with van der Waals surface area (Å²) in [6.07, 6.45) is 30.3. The van der Waals surface area contributed by atoms with Crippen molar-refractivity contribution in [1.82, 2.24) is 5.32 Å². The molecule has 5 heteroatoms. The van der Waals surface area contributed by atoms with Gasteiger partial charge in [0.2, 0.25) is 5.91 Å². The normalized spacial score (nSPS) is 13.9. The van der Waals surface area contributed by atoms with Gasteiger partial charge >= 0.3 is 0 Å². The molecule has 3 unspecified atom stereocenters. The summed E-state index contributed by atoms with van der Waals surface area (Å²) in [5.74, 6) is -0.186. The summed E-state index contributed by atoms with van der Waals surface area (Å²) in [4.78, 5) is 11.9. The van der Waals surface area contributed by atoms with E-state index in [1.54, 1.807) is 6.92 Å². The highest BCUT2D eigenvalue weighted by Gasteiger charge is 2.19. The zero-order valence-electron chi connectivity index (χ0n) is 25.6. The number of amides is 1. The van der Waals surface area contributed by atoms with E-state index >= 15 is 0 Å². The molecule has 228 valence electrons. The van der Waals surface area contributed by atoms with E-state index in [2.05, 4.69) is 12.2 Å². The van der Waals surface area contributed by atoms with Crippen LogP contribution in [0.4, 0.5) is 0 Å². The second-order valence-corrected chi connectivity index (χ2v) is 11.7. The third kappa shape index (κ3) is 26.9. The highest BCUT2D eigenvalue weighted by atomic mass is 16.3. The Morgan fingerprint density at radius 2 is 0.816 bits per heavy atom. The zero-order chi connectivity index (χ0) is 28.1. The first-order valence-electron chi connectivity index (χ1n) is 16.8. The summed E-state index contributed by atoms with van der Waals surface area (Å²) in [5, 5.41) is 31.6. The van der Waals surface area contributed by atoms with Crippen molar-refractivity contribution >= 4 is 5.91 Å². The van der Waals surface area contributed by atoms with Crippen LogP contribution in [0.3, 0.4) is 0 Å². The predicted molar refractivity (Wildman–Crippen MR) is 162 cm³/mol. The van der Waals surface area contributed by atoms with Gasteiger partial charge < -0.3 is 20.6 Å². The van der Waals surface area contributed by atoms with Gasteiger partial charge in [0.15, 0.2) is 0 Å². The number of hydrogen-bond donors (Lipinski definition) is 4. The van der Waals surface area contributed by atoms with Crippen molar-refractivity contribution in [3.05, 3.63) is 0 Å². The van der Waals surface area contributed by atoms with Crippen molar-refractivity contribution in [2.45, 2.75) is 206 Å². The van der Waals surface area contributed by atoms with Gasteiger partial charge in [0, 0.05) is 12.8 Å². The summed E-state index contributed by atoms with van der Waals surface area (Å²) in [7, 11) is 0. The summed E-state index contributed by atoms with van der Waals surface area (Å²) >= 11 is 0. The molecule has 0 aliphatic rings. The Balaban J connectivity index is 3.24. The molecule has 0 aliphatic carbocycles. The maximum absolute atomic E-state index is 11.9. The topological polar surface area (TPSA) is 89.8 Å². The van der Waals surface area contributed by atoms with E-state index in [4.69, 9.17) is 0 Å². The molecule has 1 amide bonds. The molecule has 0 aliphatic heterocycles. The molecule has 0 aromatic rings. The van der Waals surface area contributed by atoms with Crippen molar-refractivity contribution in [2.75, 3.05) is 0 Å². The Morgan fingerprint density at radius 3 is 1.13 bits per heavy atom. The number of carbonyl (C=O) groups excluding carboxylic acids is 1. The fraction of sp³-hybridized carbons (Fsp3) is 0.970. The fourth-order valence-electron chi connectivity index (χ4n) is 5.22. The van der Waals surface area contributed by atoms with Crippen LogP contribution in [0.1, 0.15) is 187 Å². The number of hydrogen-bond acceptors (Lipinski definition) is 4. The highest BCUT2D eigenvalue weighted by molar-refractivity contribution is 5.75. The van der Waals surface area contributed by atoms with Crippen LogP contribution in [0, 0.1) is 0 Å². The molecule has 0 aromatic heterocycles. The van der Waals surface area contributed by atoms with Gasteiger partial charge in [0.1, 0.15) is 6.23 Å². The van der Waals surface area contributed by atoms with Crippen LogP contribution in [0.15, 0.2) is 0 Å². The van der Waals surface area contributed by atoms with Crippen molar-refractivity contribution in [2.24, 2.45) is 0 Å². The number of nitrogens with one attached hydrogen (secondary N) is 1. The van der Waals surface area contributed by atoms with Crippen molar-refractivity contribution in [3.63, 3.8) is 0 Å². The van der Waals surface area contributed by atoms with Crippen molar-refractivity contribution in [3.8, 4) is 0 Å². The molecule has 4 N–H and O–H groups in total. The number of unbranched alkanes of at least 4 members (excludes halogenated alkanes) is 23. The monoisotopic (exact) mass is 542 g/mol. The van der Waals surface area contributed by atoms with Crippen LogP contribution >= 0.6 is 0 Å². The third-order valence-electron chi connectivity index (χ3n) is 7.91. The average Bonchev–Trinajstić information content (AvgIpc) is 2.90. The lowest BCUT2D eigenvalue weighted by Crippen LogP contribution is -2.39. The molecule has 0 spiro atoms. The molecule has 0 saturated heterocycles. The van der Waals surface area contributed by atoms with Crippen LogP contribution in [0.25, 0.3) is 0 Å². The van der Waals surface area contributed by atoms with Crippen LogP contribution in [-0.4, -0.2) is 39.7 Å². The Morgan fingerprint density at radius 1 is 0.500 bits per heavy atom. The Kier molecular flexibility index (Phi) is 28.8. The van der Waals surface area contributed by atoms with Crippen LogP contribution in [-0.2, 0) is 4.79 Å². The average molecular weight is 542 g/mol. The fourth-order valence-corrected chi connectivity index (χ4v) is 5.22. The number of carbonyl (C=O) groups is 1. The van der Waals surface area contributed by atoms with E-state index in [1.807, 2.05) is 0 Å². The molecule has 5 nitrogen and oxygen atoms in total. The lowest BCUT2D eigenvalue weighted by atomic mass is 10.0. The third-order valence-corrected chi connectivity index (χ3v) is 7.91. The highest BCUT2D eigenvalue weighted by Crippen LogP contribution is 2.16. The second-order valence-electron chi connectivity index (χ2n) is 11.7. The largest absolute Gasteiger partial charge is 0.390 e. The van der Waals surface area contributed by atoms with Crippen molar-refractivity contribution < 1.29 is 20.1 Å². The minimum atomic E-state index is -1.10. The maximum atomic E-state index is 11.9. The van der Waals surface area contributed by atoms with Gasteiger partial charge in [-0.2, -0.15) is 0 Å². The molecule has 3 atom stereocenters. The maximum Gasteiger partial charge on any atom is 0.221 e. The predicted octanol–water partition coefficient (Wildman–Crippen LogP) is 8.72. The summed E-state index contributed by atoms with van der Waals surface area (Å²) < 4.78 is 0. The summed E-state index contributed by atoms with van der Waals surface area (Å²) in [6.45, 7) is 4.05. The van der Waals surface area contributed by atoms with E-state index < -0.39 is 18.4 Å². The SMILES string of the molecule is CCCCCCCCCCCCCCCCCCCCCCCCCCC(=O)NC(O)CC(O)C(O)CC.